The summed E-state index contributed by atoms with van der Waals surface area (Å²) >= 11 is 5.63. The van der Waals surface area contributed by atoms with Crippen LogP contribution in [0.2, 0.25) is 0 Å². The lowest BCUT2D eigenvalue weighted by Gasteiger charge is -2.20. The summed E-state index contributed by atoms with van der Waals surface area (Å²) in [6, 6.07) is 11.1. The summed E-state index contributed by atoms with van der Waals surface area (Å²) in [5, 5.41) is 1.31. The molecule has 1 aromatic carbocycles. The van der Waals surface area contributed by atoms with Crippen molar-refractivity contribution < 1.29 is 0 Å². The summed E-state index contributed by atoms with van der Waals surface area (Å²) in [4.78, 5) is 4.81. The Hall–Kier alpha value is -0.280. The largest absolute Gasteiger partial charge is 0.277 e. The third-order valence-corrected chi connectivity index (χ3v) is 4.62. The Bertz CT molecular complexity index is 394. The Labute approximate surface area is 116 Å². The van der Waals surface area contributed by atoms with Crippen LogP contribution >= 0.6 is 27.7 Å². The van der Waals surface area contributed by atoms with Crippen LogP contribution in [0.5, 0.6) is 0 Å². The van der Waals surface area contributed by atoms with Crippen molar-refractivity contribution in [3.8, 4) is 0 Å². The number of aliphatic imine (C=N–C) groups is 1. The number of thioether (sulfide) groups is 1. The Morgan fingerprint density at radius 1 is 1.29 bits per heavy atom. The van der Waals surface area contributed by atoms with Crippen LogP contribution in [0.1, 0.15) is 25.8 Å². The second kappa shape index (κ2) is 5.57. The second-order valence-electron chi connectivity index (χ2n) is 4.90. The predicted molar refractivity (Wildman–Crippen MR) is 81.5 cm³/mol. The lowest BCUT2D eigenvalue weighted by molar-refractivity contribution is 0.605. The number of hydrogen-bond acceptors (Lipinski definition) is 2. The molecule has 0 saturated heterocycles. The van der Waals surface area contributed by atoms with Crippen LogP contribution in [-0.4, -0.2) is 21.2 Å². The molecule has 92 valence electrons. The first kappa shape index (κ1) is 13.2. The van der Waals surface area contributed by atoms with Crippen molar-refractivity contribution in [2.45, 2.75) is 37.1 Å². The van der Waals surface area contributed by atoms with E-state index in [0.717, 1.165) is 18.6 Å². The van der Waals surface area contributed by atoms with Gasteiger partial charge in [-0.15, -0.1) is 11.8 Å². The highest BCUT2D eigenvalue weighted by Crippen LogP contribution is 2.32. The van der Waals surface area contributed by atoms with Crippen molar-refractivity contribution in [3.63, 3.8) is 0 Å². The molecule has 1 nitrogen and oxygen atoms in total. The molecule has 2 rings (SSSR count). The first-order valence-electron chi connectivity index (χ1n) is 5.98. The molecular weight excluding hydrogens is 294 g/mol. The van der Waals surface area contributed by atoms with Crippen LogP contribution in [0.25, 0.3) is 0 Å². The molecule has 1 aliphatic heterocycles. The molecule has 1 aromatic rings. The first-order valence-corrected chi connectivity index (χ1v) is 7.76. The normalized spacial score (nSPS) is 20.4. The van der Waals surface area contributed by atoms with E-state index in [4.69, 9.17) is 4.99 Å². The van der Waals surface area contributed by atoms with Crippen LogP contribution in [0.4, 0.5) is 0 Å². The predicted octanol–water partition coefficient (Wildman–Crippen LogP) is 4.31. The molecule has 0 N–H and O–H groups in total. The number of nitrogens with zero attached hydrogens (tertiary/aromatic N) is 1. The van der Waals surface area contributed by atoms with E-state index in [-0.39, 0.29) is 4.32 Å². The van der Waals surface area contributed by atoms with Crippen LogP contribution in [0.3, 0.4) is 0 Å². The molecule has 0 aliphatic carbocycles. The molecule has 17 heavy (non-hydrogen) atoms. The quantitative estimate of drug-likeness (QED) is 0.755. The van der Waals surface area contributed by atoms with Crippen LogP contribution in [-0.2, 0) is 6.42 Å². The van der Waals surface area contributed by atoms with Gasteiger partial charge in [0.05, 0.1) is 11.1 Å². The molecule has 0 amide bonds. The van der Waals surface area contributed by atoms with Gasteiger partial charge in [0.2, 0.25) is 0 Å². The third kappa shape index (κ3) is 3.85. The van der Waals surface area contributed by atoms with Gasteiger partial charge in [-0.05, 0) is 32.3 Å². The molecule has 0 bridgehead atoms. The minimum atomic E-state index is 0.120. The summed E-state index contributed by atoms with van der Waals surface area (Å²) in [6.45, 7) is 4.39. The van der Waals surface area contributed by atoms with E-state index in [1.807, 2.05) is 11.8 Å². The standard InChI is InChI=1S/C14H18BrNS/c1-14(2,15)12-10-17-13(16-12)9-8-11-6-4-3-5-7-11/h3-7,12H,8-10H2,1-2H3. The summed E-state index contributed by atoms with van der Waals surface area (Å²) in [5.41, 5.74) is 1.40. The van der Waals surface area contributed by atoms with E-state index >= 15 is 0 Å². The van der Waals surface area contributed by atoms with Crippen molar-refractivity contribution in [3.05, 3.63) is 35.9 Å². The lowest BCUT2D eigenvalue weighted by atomic mass is 10.1. The Morgan fingerprint density at radius 2 is 2.00 bits per heavy atom. The molecule has 1 unspecified atom stereocenters. The van der Waals surface area contributed by atoms with E-state index < -0.39 is 0 Å². The van der Waals surface area contributed by atoms with Gasteiger partial charge in [-0.1, -0.05) is 46.3 Å². The van der Waals surface area contributed by atoms with Crippen molar-refractivity contribution in [2.75, 3.05) is 5.75 Å². The summed E-state index contributed by atoms with van der Waals surface area (Å²) in [6.07, 6.45) is 2.18. The summed E-state index contributed by atoms with van der Waals surface area (Å²) in [5.74, 6) is 1.11. The lowest BCUT2D eigenvalue weighted by Crippen LogP contribution is -2.28. The first-order chi connectivity index (χ1) is 8.05. The summed E-state index contributed by atoms with van der Waals surface area (Å²) in [7, 11) is 0. The molecule has 1 aliphatic rings. The number of halogens is 1. The zero-order valence-electron chi connectivity index (χ0n) is 10.3. The molecule has 0 spiro atoms. The van der Waals surface area contributed by atoms with Gasteiger partial charge < -0.3 is 0 Å². The monoisotopic (exact) mass is 311 g/mol. The molecule has 0 saturated carbocycles. The van der Waals surface area contributed by atoms with Gasteiger partial charge in [-0.25, -0.2) is 0 Å². The Morgan fingerprint density at radius 3 is 2.59 bits per heavy atom. The van der Waals surface area contributed by atoms with Crippen molar-refractivity contribution in [2.24, 2.45) is 4.99 Å². The Balaban J connectivity index is 1.89. The Kier molecular flexibility index (Phi) is 4.31. The summed E-state index contributed by atoms with van der Waals surface area (Å²) < 4.78 is 0.120. The topological polar surface area (TPSA) is 12.4 Å². The molecule has 0 fully saturated rings. The van der Waals surface area contributed by atoms with Crippen molar-refractivity contribution in [1.82, 2.24) is 0 Å². The minimum Gasteiger partial charge on any atom is -0.277 e. The van der Waals surface area contributed by atoms with Crippen LogP contribution in [0, 0.1) is 0 Å². The van der Waals surface area contributed by atoms with Gasteiger partial charge in [0.15, 0.2) is 0 Å². The average Bonchev–Trinajstić information content (AvgIpc) is 2.76. The fourth-order valence-electron chi connectivity index (χ4n) is 1.81. The zero-order chi connectivity index (χ0) is 12.3. The number of benzene rings is 1. The highest BCUT2D eigenvalue weighted by atomic mass is 79.9. The minimum absolute atomic E-state index is 0.120. The van der Waals surface area contributed by atoms with Crippen LogP contribution < -0.4 is 0 Å². The van der Waals surface area contributed by atoms with E-state index in [0.29, 0.717) is 6.04 Å². The number of hydrogen-bond donors (Lipinski definition) is 0. The number of aryl methyl sites for hydroxylation is 1. The van der Waals surface area contributed by atoms with E-state index in [9.17, 15) is 0 Å². The highest BCUT2D eigenvalue weighted by molar-refractivity contribution is 9.10. The molecular formula is C14H18BrNS. The SMILES string of the molecule is CC(C)(Br)C1CSC(CCc2ccccc2)=N1. The second-order valence-corrected chi connectivity index (χ2v) is 8.04. The maximum Gasteiger partial charge on any atom is 0.0750 e. The maximum absolute atomic E-state index is 4.81. The van der Waals surface area contributed by atoms with E-state index in [2.05, 4.69) is 60.1 Å². The fourth-order valence-corrected chi connectivity index (χ4v) is 3.58. The highest BCUT2D eigenvalue weighted by Gasteiger charge is 2.30. The van der Waals surface area contributed by atoms with Gasteiger partial charge >= 0.3 is 0 Å². The fraction of sp³-hybridized carbons (Fsp3) is 0.500. The molecule has 1 atom stereocenters. The van der Waals surface area contributed by atoms with Crippen molar-refractivity contribution in [1.29, 1.82) is 0 Å². The maximum atomic E-state index is 4.81. The van der Waals surface area contributed by atoms with Gasteiger partial charge in [-0.3, -0.25) is 4.99 Å². The molecule has 1 heterocycles. The van der Waals surface area contributed by atoms with Gasteiger partial charge in [-0.2, -0.15) is 0 Å². The smallest absolute Gasteiger partial charge is 0.0750 e. The van der Waals surface area contributed by atoms with E-state index in [1.54, 1.807) is 0 Å². The molecule has 0 aromatic heterocycles. The molecule has 3 heteroatoms. The average molecular weight is 312 g/mol. The van der Waals surface area contributed by atoms with Crippen molar-refractivity contribution >= 4 is 32.7 Å². The van der Waals surface area contributed by atoms with Gasteiger partial charge in [0, 0.05) is 10.1 Å². The molecule has 0 radical (unpaired) electrons. The zero-order valence-corrected chi connectivity index (χ0v) is 12.7. The van der Waals surface area contributed by atoms with Gasteiger partial charge in [0.25, 0.3) is 0 Å². The number of rotatable bonds is 4. The third-order valence-electron chi connectivity index (χ3n) is 2.97. The van der Waals surface area contributed by atoms with Crippen LogP contribution in [0.15, 0.2) is 35.3 Å². The van der Waals surface area contributed by atoms with Gasteiger partial charge in [0.1, 0.15) is 0 Å². The van der Waals surface area contributed by atoms with E-state index in [1.165, 1.54) is 10.6 Å². The number of alkyl halides is 1.